The lowest BCUT2D eigenvalue weighted by atomic mass is 10.1. The minimum atomic E-state index is -0.675. The highest BCUT2D eigenvalue weighted by Crippen LogP contribution is 2.40. The molecule has 0 radical (unpaired) electrons. The number of benzene rings is 2. The summed E-state index contributed by atoms with van der Waals surface area (Å²) in [6.45, 7) is 2.81. The van der Waals surface area contributed by atoms with Crippen LogP contribution >= 0.6 is 0 Å². The summed E-state index contributed by atoms with van der Waals surface area (Å²) < 4.78 is 25.0. The van der Waals surface area contributed by atoms with Crippen molar-refractivity contribution in [3.63, 3.8) is 0 Å². The third kappa shape index (κ3) is 4.01. The number of ether oxygens (including phenoxy) is 2. The van der Waals surface area contributed by atoms with Crippen LogP contribution in [0, 0.1) is 0 Å². The summed E-state index contributed by atoms with van der Waals surface area (Å²) >= 11 is 0. The standard InChI is InChI=1S/C24H28FN3O2/c1-29-22-13-19-21(14-23(22)30-12-4-10-28-11-9-16(25)15-28)27-20-6-3-2-5-18(20)24(19)26-17-7-8-17/h2-3,5-6,13-14,16-17H,4,7-12,15H2,1H3,(H,26,27)/t16-/m1/s1. The number of halogens is 1. The Balaban J connectivity index is 1.40. The largest absolute Gasteiger partial charge is 0.493 e. The van der Waals surface area contributed by atoms with E-state index < -0.39 is 6.17 Å². The molecule has 1 aromatic heterocycles. The molecular formula is C24H28FN3O2. The van der Waals surface area contributed by atoms with Gasteiger partial charge in [-0.2, -0.15) is 0 Å². The number of rotatable bonds is 8. The first kappa shape index (κ1) is 19.4. The van der Waals surface area contributed by atoms with E-state index in [9.17, 15) is 4.39 Å². The molecule has 5 rings (SSSR count). The maximum absolute atomic E-state index is 13.3. The second-order valence-corrected chi connectivity index (χ2v) is 8.33. The van der Waals surface area contributed by atoms with Crippen LogP contribution in [0.4, 0.5) is 10.1 Å². The number of alkyl halides is 1. The van der Waals surface area contributed by atoms with E-state index in [1.54, 1.807) is 7.11 Å². The van der Waals surface area contributed by atoms with Crippen LogP contribution in [0.15, 0.2) is 36.4 Å². The minimum Gasteiger partial charge on any atom is -0.493 e. The predicted octanol–water partition coefficient (Wildman–Crippen LogP) is 4.78. The molecule has 1 aliphatic heterocycles. The highest BCUT2D eigenvalue weighted by atomic mass is 19.1. The highest BCUT2D eigenvalue weighted by Gasteiger charge is 2.24. The van der Waals surface area contributed by atoms with E-state index in [0.29, 0.717) is 37.1 Å². The maximum Gasteiger partial charge on any atom is 0.163 e. The fourth-order valence-electron chi connectivity index (χ4n) is 4.22. The molecular weight excluding hydrogens is 381 g/mol. The summed E-state index contributed by atoms with van der Waals surface area (Å²) in [6, 6.07) is 12.8. The molecule has 0 spiro atoms. The number of likely N-dealkylation sites (tertiary alicyclic amines) is 1. The molecule has 5 nitrogen and oxygen atoms in total. The van der Waals surface area contributed by atoms with Crippen LogP contribution in [0.25, 0.3) is 21.8 Å². The van der Waals surface area contributed by atoms with Gasteiger partial charge in [-0.05, 0) is 37.8 Å². The van der Waals surface area contributed by atoms with Crippen molar-refractivity contribution in [2.45, 2.75) is 37.9 Å². The average molecular weight is 410 g/mol. The number of aromatic nitrogens is 1. The van der Waals surface area contributed by atoms with Crippen molar-refractivity contribution in [2.24, 2.45) is 0 Å². The first-order valence-corrected chi connectivity index (χ1v) is 10.9. The number of anilines is 1. The summed E-state index contributed by atoms with van der Waals surface area (Å²) in [5.41, 5.74) is 2.99. The van der Waals surface area contributed by atoms with Gasteiger partial charge in [0.1, 0.15) is 6.17 Å². The van der Waals surface area contributed by atoms with Crippen LogP contribution < -0.4 is 14.8 Å². The Morgan fingerprint density at radius 1 is 1.10 bits per heavy atom. The average Bonchev–Trinajstić information content (AvgIpc) is 3.49. The quantitative estimate of drug-likeness (QED) is 0.428. The maximum atomic E-state index is 13.3. The molecule has 0 bridgehead atoms. The molecule has 2 fully saturated rings. The third-order valence-electron chi connectivity index (χ3n) is 5.98. The third-order valence-corrected chi connectivity index (χ3v) is 5.98. The Morgan fingerprint density at radius 3 is 2.73 bits per heavy atom. The highest BCUT2D eigenvalue weighted by molar-refractivity contribution is 6.08. The minimum absolute atomic E-state index is 0.537. The van der Waals surface area contributed by atoms with Gasteiger partial charge in [0.25, 0.3) is 0 Å². The van der Waals surface area contributed by atoms with Crippen molar-refractivity contribution in [1.29, 1.82) is 0 Å². The van der Waals surface area contributed by atoms with Gasteiger partial charge in [0.2, 0.25) is 0 Å². The van der Waals surface area contributed by atoms with Gasteiger partial charge in [-0.3, -0.25) is 0 Å². The molecule has 158 valence electrons. The molecule has 3 aromatic rings. The van der Waals surface area contributed by atoms with E-state index in [0.717, 1.165) is 47.0 Å². The number of hydrogen-bond acceptors (Lipinski definition) is 5. The smallest absolute Gasteiger partial charge is 0.163 e. The Kier molecular flexibility index (Phi) is 5.34. The number of pyridine rings is 1. The zero-order valence-electron chi connectivity index (χ0n) is 17.4. The van der Waals surface area contributed by atoms with Gasteiger partial charge in [0.15, 0.2) is 11.5 Å². The van der Waals surface area contributed by atoms with Crippen molar-refractivity contribution in [2.75, 3.05) is 38.7 Å². The summed E-state index contributed by atoms with van der Waals surface area (Å²) in [5, 5.41) is 5.87. The fourth-order valence-corrected chi connectivity index (χ4v) is 4.22. The van der Waals surface area contributed by atoms with Gasteiger partial charge in [0.05, 0.1) is 30.4 Å². The van der Waals surface area contributed by atoms with E-state index in [-0.39, 0.29) is 0 Å². The second kappa shape index (κ2) is 8.26. The van der Waals surface area contributed by atoms with E-state index in [4.69, 9.17) is 14.5 Å². The van der Waals surface area contributed by atoms with Crippen LogP contribution in [-0.2, 0) is 0 Å². The summed E-state index contributed by atoms with van der Waals surface area (Å²) in [5.74, 6) is 1.42. The predicted molar refractivity (Wildman–Crippen MR) is 119 cm³/mol. The van der Waals surface area contributed by atoms with Gasteiger partial charge >= 0.3 is 0 Å². The van der Waals surface area contributed by atoms with Gasteiger partial charge < -0.3 is 19.7 Å². The van der Waals surface area contributed by atoms with Crippen LogP contribution in [0.5, 0.6) is 11.5 Å². The molecule has 0 amide bonds. The second-order valence-electron chi connectivity index (χ2n) is 8.33. The normalized spacial score (nSPS) is 19.5. The number of para-hydroxylation sites is 1. The van der Waals surface area contributed by atoms with Gasteiger partial charge in [0, 0.05) is 42.5 Å². The molecule has 30 heavy (non-hydrogen) atoms. The molecule has 1 saturated heterocycles. The lowest BCUT2D eigenvalue weighted by molar-refractivity contribution is 0.243. The van der Waals surface area contributed by atoms with Crippen molar-refractivity contribution in [3.8, 4) is 11.5 Å². The first-order chi connectivity index (χ1) is 14.7. The Hall–Kier alpha value is -2.60. The lowest BCUT2D eigenvalue weighted by Crippen LogP contribution is -2.23. The summed E-state index contributed by atoms with van der Waals surface area (Å²) in [4.78, 5) is 7.04. The number of fused-ring (bicyclic) bond motifs is 2. The molecule has 2 aromatic carbocycles. The molecule has 2 aliphatic rings. The molecule has 1 N–H and O–H groups in total. The van der Waals surface area contributed by atoms with E-state index in [2.05, 4.69) is 16.3 Å². The zero-order valence-corrected chi connectivity index (χ0v) is 17.4. The fraction of sp³-hybridized carbons (Fsp3) is 0.458. The molecule has 0 unspecified atom stereocenters. The monoisotopic (exact) mass is 409 g/mol. The van der Waals surface area contributed by atoms with Crippen molar-refractivity contribution < 1.29 is 13.9 Å². The van der Waals surface area contributed by atoms with Crippen molar-refractivity contribution in [3.05, 3.63) is 36.4 Å². The van der Waals surface area contributed by atoms with Crippen molar-refractivity contribution >= 4 is 27.5 Å². The Bertz CT molecular complexity index is 1050. The van der Waals surface area contributed by atoms with E-state index in [1.165, 1.54) is 12.8 Å². The number of nitrogens with zero attached hydrogens (tertiary/aromatic N) is 2. The lowest BCUT2D eigenvalue weighted by Gasteiger charge is -2.17. The molecule has 1 atom stereocenters. The van der Waals surface area contributed by atoms with E-state index in [1.807, 2.05) is 30.3 Å². The van der Waals surface area contributed by atoms with Crippen molar-refractivity contribution in [1.82, 2.24) is 9.88 Å². The van der Waals surface area contributed by atoms with Crippen LogP contribution in [-0.4, -0.2) is 55.4 Å². The van der Waals surface area contributed by atoms with Crippen LogP contribution in [0.3, 0.4) is 0 Å². The Morgan fingerprint density at radius 2 is 1.97 bits per heavy atom. The molecule has 2 heterocycles. The number of nitrogens with one attached hydrogen (secondary N) is 1. The molecule has 1 saturated carbocycles. The Labute approximate surface area is 176 Å². The van der Waals surface area contributed by atoms with E-state index >= 15 is 0 Å². The van der Waals surface area contributed by atoms with Gasteiger partial charge in [-0.25, -0.2) is 9.37 Å². The summed E-state index contributed by atoms with van der Waals surface area (Å²) in [6.07, 6.45) is 3.24. The number of hydrogen-bond donors (Lipinski definition) is 1. The topological polar surface area (TPSA) is 46.6 Å². The van der Waals surface area contributed by atoms with Gasteiger partial charge in [-0.1, -0.05) is 18.2 Å². The molecule has 6 heteroatoms. The first-order valence-electron chi connectivity index (χ1n) is 10.9. The summed E-state index contributed by atoms with van der Waals surface area (Å²) in [7, 11) is 1.67. The zero-order chi connectivity index (χ0) is 20.5. The SMILES string of the molecule is COc1cc2c(NC3CC3)c3ccccc3nc2cc1OCCCN1CC[C@@H](F)C1. The van der Waals surface area contributed by atoms with Crippen LogP contribution in [0.1, 0.15) is 25.7 Å². The van der Waals surface area contributed by atoms with Crippen LogP contribution in [0.2, 0.25) is 0 Å². The van der Waals surface area contributed by atoms with Gasteiger partial charge in [-0.15, -0.1) is 0 Å². The molecule has 1 aliphatic carbocycles. The number of methoxy groups -OCH3 is 1.